The molecule has 0 spiro atoms. The Hall–Kier alpha value is -2.97. The third kappa shape index (κ3) is 4.33. The Labute approximate surface area is 193 Å². The normalized spacial score (nSPS) is 16.4. The minimum atomic E-state index is -0.272. The average Bonchev–Trinajstić information content (AvgIpc) is 3.39. The Morgan fingerprint density at radius 3 is 2.81 bits per heavy atom. The summed E-state index contributed by atoms with van der Waals surface area (Å²) in [5, 5.41) is 9.20. The molecule has 1 atom stereocenters. The van der Waals surface area contributed by atoms with Gasteiger partial charge in [-0.15, -0.1) is 5.10 Å². The van der Waals surface area contributed by atoms with Gasteiger partial charge < -0.3 is 10.2 Å². The molecule has 9 heteroatoms. The number of aromatic nitrogens is 3. The number of nitrogens with one attached hydrogen (secondary N) is 1. The van der Waals surface area contributed by atoms with Gasteiger partial charge in [-0.05, 0) is 48.7 Å². The smallest absolute Gasteiger partial charge is 0.225 e. The number of piperidine rings is 1. The van der Waals surface area contributed by atoms with Crippen LogP contribution in [0.4, 0.5) is 9.52 Å². The zero-order chi connectivity index (χ0) is 22.1. The highest BCUT2D eigenvalue weighted by molar-refractivity contribution is 7.20. The van der Waals surface area contributed by atoms with Crippen molar-refractivity contribution in [3.05, 3.63) is 71.1 Å². The molecule has 0 saturated carbocycles. The number of anilines is 1. The number of benzene rings is 2. The van der Waals surface area contributed by atoms with Crippen LogP contribution in [0.2, 0.25) is 5.02 Å². The zero-order valence-corrected chi connectivity index (χ0v) is 18.7. The van der Waals surface area contributed by atoms with Crippen LogP contribution in [0.1, 0.15) is 18.4 Å². The fourth-order valence-corrected chi connectivity index (χ4v) is 5.03. The maximum Gasteiger partial charge on any atom is 0.225 e. The van der Waals surface area contributed by atoms with Crippen molar-refractivity contribution in [2.24, 2.45) is 5.92 Å². The summed E-state index contributed by atoms with van der Waals surface area (Å²) in [6.07, 6.45) is 3.62. The molecule has 0 radical (unpaired) electrons. The summed E-state index contributed by atoms with van der Waals surface area (Å²) in [7, 11) is 0. The number of carbonyl (C=O) groups excluding carboxylic acids is 1. The van der Waals surface area contributed by atoms with Gasteiger partial charge in [-0.1, -0.05) is 41.1 Å². The van der Waals surface area contributed by atoms with Crippen molar-refractivity contribution < 1.29 is 9.18 Å². The lowest BCUT2D eigenvalue weighted by molar-refractivity contribution is -0.125. The van der Waals surface area contributed by atoms with Crippen molar-refractivity contribution in [3.8, 4) is 11.3 Å². The van der Waals surface area contributed by atoms with Crippen LogP contribution in [0.5, 0.6) is 0 Å². The van der Waals surface area contributed by atoms with Gasteiger partial charge in [-0.2, -0.15) is 0 Å². The first kappa shape index (κ1) is 20.9. The summed E-state index contributed by atoms with van der Waals surface area (Å²) in [6.45, 7) is 1.90. The largest absolute Gasteiger partial charge is 0.352 e. The van der Waals surface area contributed by atoms with Crippen molar-refractivity contribution in [1.29, 1.82) is 0 Å². The molecule has 0 bridgehead atoms. The summed E-state index contributed by atoms with van der Waals surface area (Å²) in [5.41, 5.74) is 2.51. The number of rotatable bonds is 5. The second-order valence-corrected chi connectivity index (χ2v) is 9.18. The summed E-state index contributed by atoms with van der Waals surface area (Å²) in [4.78, 5) is 20.3. The molecular weight excluding hydrogens is 449 g/mol. The fraction of sp³-hybridized carbons (Fsp3) is 0.261. The molecule has 32 heavy (non-hydrogen) atoms. The summed E-state index contributed by atoms with van der Waals surface area (Å²) in [5.74, 6) is -0.336. The van der Waals surface area contributed by atoms with Crippen molar-refractivity contribution in [2.75, 3.05) is 18.0 Å². The van der Waals surface area contributed by atoms with Gasteiger partial charge in [0.2, 0.25) is 16.0 Å². The first-order valence-corrected chi connectivity index (χ1v) is 11.6. The van der Waals surface area contributed by atoms with E-state index in [1.165, 1.54) is 23.5 Å². The van der Waals surface area contributed by atoms with Crippen LogP contribution < -0.4 is 10.2 Å². The van der Waals surface area contributed by atoms with E-state index in [0.717, 1.165) is 46.3 Å². The molecule has 4 aromatic rings. The third-order valence-corrected chi connectivity index (χ3v) is 7.00. The molecule has 1 N–H and O–H groups in total. The van der Waals surface area contributed by atoms with Crippen LogP contribution in [0.3, 0.4) is 0 Å². The molecule has 5 rings (SSSR count). The van der Waals surface area contributed by atoms with Gasteiger partial charge in [0.25, 0.3) is 0 Å². The lowest BCUT2D eigenvalue weighted by Gasteiger charge is -2.31. The van der Waals surface area contributed by atoms with Crippen LogP contribution >= 0.6 is 22.9 Å². The second-order valence-electron chi connectivity index (χ2n) is 7.84. The molecule has 1 fully saturated rings. The van der Waals surface area contributed by atoms with Gasteiger partial charge in [0.15, 0.2) is 0 Å². The summed E-state index contributed by atoms with van der Waals surface area (Å²) in [6, 6.07) is 13.8. The molecule has 1 unspecified atom stereocenters. The van der Waals surface area contributed by atoms with Gasteiger partial charge in [0.05, 0.1) is 17.8 Å². The summed E-state index contributed by atoms with van der Waals surface area (Å²) < 4.78 is 14.9. The van der Waals surface area contributed by atoms with E-state index < -0.39 is 0 Å². The quantitative estimate of drug-likeness (QED) is 0.456. The van der Waals surface area contributed by atoms with E-state index in [9.17, 15) is 9.18 Å². The molecule has 1 aliphatic heterocycles. The molecule has 1 aliphatic rings. The Morgan fingerprint density at radius 2 is 2.03 bits per heavy atom. The van der Waals surface area contributed by atoms with Gasteiger partial charge in [-0.3, -0.25) is 4.79 Å². The molecule has 0 aliphatic carbocycles. The predicted octanol–water partition coefficient (Wildman–Crippen LogP) is 4.78. The lowest BCUT2D eigenvalue weighted by atomic mass is 9.97. The van der Waals surface area contributed by atoms with Gasteiger partial charge in [0, 0.05) is 30.2 Å². The van der Waals surface area contributed by atoms with Crippen molar-refractivity contribution in [1.82, 2.24) is 19.9 Å². The fourth-order valence-electron chi connectivity index (χ4n) is 3.91. The third-order valence-electron chi connectivity index (χ3n) is 5.65. The Balaban J connectivity index is 1.25. The van der Waals surface area contributed by atoms with Crippen molar-refractivity contribution >= 4 is 38.9 Å². The average molecular weight is 470 g/mol. The van der Waals surface area contributed by atoms with Crippen LogP contribution in [0.25, 0.3) is 16.2 Å². The van der Waals surface area contributed by atoms with Crippen LogP contribution in [0, 0.1) is 11.7 Å². The highest BCUT2D eigenvalue weighted by Gasteiger charge is 2.28. The van der Waals surface area contributed by atoms with E-state index in [0.29, 0.717) is 18.1 Å². The number of hydrogen-bond donors (Lipinski definition) is 1. The number of amides is 1. The van der Waals surface area contributed by atoms with Crippen molar-refractivity contribution in [2.45, 2.75) is 19.4 Å². The number of hydrogen-bond acceptors (Lipinski definition) is 5. The van der Waals surface area contributed by atoms with Gasteiger partial charge >= 0.3 is 0 Å². The molecule has 1 saturated heterocycles. The summed E-state index contributed by atoms with van der Waals surface area (Å²) >= 11 is 7.68. The van der Waals surface area contributed by atoms with Crippen LogP contribution in [-0.4, -0.2) is 33.6 Å². The predicted molar refractivity (Wildman–Crippen MR) is 124 cm³/mol. The molecule has 6 nitrogen and oxygen atoms in total. The van der Waals surface area contributed by atoms with Crippen molar-refractivity contribution in [3.63, 3.8) is 0 Å². The maximum absolute atomic E-state index is 13.2. The van der Waals surface area contributed by atoms with E-state index >= 15 is 0 Å². The van der Waals surface area contributed by atoms with E-state index in [2.05, 4.69) is 20.3 Å². The minimum Gasteiger partial charge on any atom is -0.352 e. The minimum absolute atomic E-state index is 0.0366. The number of halogens is 2. The Morgan fingerprint density at radius 1 is 1.22 bits per heavy atom. The number of carbonyl (C=O) groups is 1. The maximum atomic E-state index is 13.2. The lowest BCUT2D eigenvalue weighted by Crippen LogP contribution is -2.43. The number of imidazole rings is 1. The Bertz CT molecular complexity index is 1220. The van der Waals surface area contributed by atoms with E-state index in [-0.39, 0.29) is 17.6 Å². The first-order valence-electron chi connectivity index (χ1n) is 10.4. The second kappa shape index (κ2) is 8.88. The van der Waals surface area contributed by atoms with E-state index in [4.69, 9.17) is 11.6 Å². The molecular formula is C23H21ClFN5OS. The molecule has 2 aromatic heterocycles. The molecule has 1 amide bonds. The highest BCUT2D eigenvalue weighted by atomic mass is 35.5. The standard InChI is InChI=1S/C23H21ClFN5OS/c24-19-6-2-1-4-16(19)12-26-21(31)17-5-3-11-29(13-17)23-28-30-14-20(27-22(30)32-23)15-7-9-18(25)10-8-15/h1-2,4,6-10,14,17H,3,5,11-13H2,(H,26,31). The topological polar surface area (TPSA) is 62.5 Å². The number of nitrogens with zero attached hydrogens (tertiary/aromatic N) is 4. The zero-order valence-electron chi connectivity index (χ0n) is 17.2. The monoisotopic (exact) mass is 469 g/mol. The molecule has 2 aromatic carbocycles. The Kier molecular flexibility index (Phi) is 5.80. The van der Waals surface area contributed by atoms with Gasteiger partial charge in [0.1, 0.15) is 5.82 Å². The number of fused-ring (bicyclic) bond motifs is 1. The SMILES string of the molecule is O=C(NCc1ccccc1Cl)C1CCCN(c2nn3cc(-c4ccc(F)cc4)nc3s2)C1. The highest BCUT2D eigenvalue weighted by Crippen LogP contribution is 2.30. The molecule has 164 valence electrons. The van der Waals surface area contributed by atoms with E-state index in [1.807, 2.05) is 30.5 Å². The molecule has 3 heterocycles. The van der Waals surface area contributed by atoms with Gasteiger partial charge in [-0.25, -0.2) is 13.9 Å². The van der Waals surface area contributed by atoms with Crippen LogP contribution in [-0.2, 0) is 11.3 Å². The van der Waals surface area contributed by atoms with Crippen LogP contribution in [0.15, 0.2) is 54.7 Å². The first-order chi connectivity index (χ1) is 15.6. The van der Waals surface area contributed by atoms with E-state index in [1.54, 1.807) is 16.6 Å².